The van der Waals surface area contributed by atoms with Crippen molar-refractivity contribution in [2.24, 2.45) is 0 Å². The third-order valence-corrected chi connectivity index (χ3v) is 3.25. The first-order valence-corrected chi connectivity index (χ1v) is 7.34. The van der Waals surface area contributed by atoms with Crippen LogP contribution in [0, 0.1) is 23.7 Å². The maximum atomic E-state index is 9.77. The minimum Gasteiger partial charge on any atom is -0.377 e. The Bertz CT molecular complexity index is 407. The van der Waals surface area contributed by atoms with Gasteiger partial charge in [0.1, 0.15) is 18.3 Å². The van der Waals surface area contributed by atoms with Gasteiger partial charge in [-0.3, -0.25) is 0 Å². The number of aliphatic hydroxyl groups is 2. The summed E-state index contributed by atoms with van der Waals surface area (Å²) in [5.41, 5.74) is 0. The second-order valence-electron chi connectivity index (χ2n) is 5.01. The van der Waals surface area contributed by atoms with Crippen molar-refractivity contribution in [3.05, 3.63) is 12.7 Å². The summed E-state index contributed by atoms with van der Waals surface area (Å²) in [6.45, 7) is 5.60. The standard InChI is InChI=1S/C17H24O3/c1-3-5-6-7-8-13-16-17(20-16)15(19)12-10-9-11-14(18)4-2/h4,14-19H,2-3,5-8,13H2,1H3/t14-,15-,16?,17?/m1/s1. The first kappa shape index (κ1) is 16.8. The van der Waals surface area contributed by atoms with Crippen molar-refractivity contribution in [1.82, 2.24) is 0 Å². The molecule has 4 atom stereocenters. The molecule has 20 heavy (non-hydrogen) atoms. The molecule has 0 aromatic carbocycles. The average Bonchev–Trinajstić information content (AvgIpc) is 3.22. The van der Waals surface area contributed by atoms with Gasteiger partial charge in [-0.15, -0.1) is 0 Å². The van der Waals surface area contributed by atoms with Crippen LogP contribution in [-0.2, 0) is 4.74 Å². The third kappa shape index (κ3) is 6.78. The van der Waals surface area contributed by atoms with E-state index < -0.39 is 12.2 Å². The van der Waals surface area contributed by atoms with Crippen molar-refractivity contribution in [3.63, 3.8) is 0 Å². The van der Waals surface area contributed by atoms with Gasteiger partial charge in [-0.1, -0.05) is 63.5 Å². The van der Waals surface area contributed by atoms with Crippen LogP contribution in [0.25, 0.3) is 0 Å². The normalized spacial score (nSPS) is 22.8. The topological polar surface area (TPSA) is 53.0 Å². The number of ether oxygens (including phenoxy) is 1. The van der Waals surface area contributed by atoms with Gasteiger partial charge in [-0.2, -0.15) is 0 Å². The smallest absolute Gasteiger partial charge is 0.144 e. The number of rotatable bonds is 8. The van der Waals surface area contributed by atoms with E-state index in [2.05, 4.69) is 37.2 Å². The summed E-state index contributed by atoms with van der Waals surface area (Å²) in [5, 5.41) is 18.9. The molecule has 1 aliphatic rings. The SMILES string of the molecule is C=C[C@@H](O)C#CC#C[C@@H](O)C1OC1CCCCCCC. The lowest BCUT2D eigenvalue weighted by Crippen LogP contribution is -2.14. The Kier molecular flexibility index (Phi) is 8.07. The molecule has 1 rings (SSSR count). The largest absolute Gasteiger partial charge is 0.377 e. The summed E-state index contributed by atoms with van der Waals surface area (Å²) >= 11 is 0. The molecule has 0 amide bonds. The maximum Gasteiger partial charge on any atom is 0.144 e. The summed E-state index contributed by atoms with van der Waals surface area (Å²) in [5.74, 6) is 10.1. The zero-order chi connectivity index (χ0) is 14.8. The van der Waals surface area contributed by atoms with Crippen LogP contribution in [0.4, 0.5) is 0 Å². The second kappa shape index (κ2) is 9.61. The van der Waals surface area contributed by atoms with Crippen LogP contribution in [0.1, 0.15) is 45.4 Å². The summed E-state index contributed by atoms with van der Waals surface area (Å²) in [6, 6.07) is 0. The lowest BCUT2D eigenvalue weighted by Gasteiger charge is -1.98. The third-order valence-electron chi connectivity index (χ3n) is 3.25. The van der Waals surface area contributed by atoms with Gasteiger partial charge < -0.3 is 14.9 Å². The fraction of sp³-hybridized carbons (Fsp3) is 0.647. The van der Waals surface area contributed by atoms with Crippen LogP contribution in [0.2, 0.25) is 0 Å². The first-order chi connectivity index (χ1) is 9.69. The molecule has 0 spiro atoms. The Morgan fingerprint density at radius 3 is 2.55 bits per heavy atom. The predicted molar refractivity (Wildman–Crippen MR) is 79.8 cm³/mol. The second-order valence-corrected chi connectivity index (χ2v) is 5.01. The van der Waals surface area contributed by atoms with Crippen molar-refractivity contribution in [3.8, 4) is 23.7 Å². The quantitative estimate of drug-likeness (QED) is 0.309. The average molecular weight is 276 g/mol. The summed E-state index contributed by atoms with van der Waals surface area (Å²) in [4.78, 5) is 0. The zero-order valence-electron chi connectivity index (χ0n) is 12.1. The Labute approximate surface area is 122 Å². The Hall–Kier alpha value is -1.26. The number of hydrogen-bond acceptors (Lipinski definition) is 3. The van der Waals surface area contributed by atoms with E-state index in [1.807, 2.05) is 0 Å². The number of hydrogen-bond donors (Lipinski definition) is 2. The fourth-order valence-corrected chi connectivity index (χ4v) is 1.98. The Morgan fingerprint density at radius 1 is 1.15 bits per heavy atom. The van der Waals surface area contributed by atoms with Crippen LogP contribution in [0.3, 0.4) is 0 Å². The molecule has 0 aromatic heterocycles. The molecule has 3 nitrogen and oxygen atoms in total. The maximum absolute atomic E-state index is 9.77. The van der Waals surface area contributed by atoms with E-state index in [1.54, 1.807) is 0 Å². The van der Waals surface area contributed by atoms with Gasteiger partial charge in [0.05, 0.1) is 6.10 Å². The lowest BCUT2D eigenvalue weighted by molar-refractivity contribution is 0.185. The zero-order valence-corrected chi connectivity index (χ0v) is 12.1. The molecule has 3 heteroatoms. The number of epoxide rings is 1. The van der Waals surface area contributed by atoms with Crippen LogP contribution >= 0.6 is 0 Å². The van der Waals surface area contributed by atoms with E-state index in [4.69, 9.17) is 9.84 Å². The van der Waals surface area contributed by atoms with E-state index >= 15 is 0 Å². The molecular formula is C17H24O3. The van der Waals surface area contributed by atoms with Crippen molar-refractivity contribution >= 4 is 0 Å². The van der Waals surface area contributed by atoms with E-state index in [1.165, 1.54) is 31.8 Å². The summed E-state index contributed by atoms with van der Waals surface area (Å²) in [7, 11) is 0. The Morgan fingerprint density at radius 2 is 1.85 bits per heavy atom. The van der Waals surface area contributed by atoms with Crippen molar-refractivity contribution in [2.75, 3.05) is 0 Å². The molecule has 0 bridgehead atoms. The van der Waals surface area contributed by atoms with Crippen LogP contribution in [0.5, 0.6) is 0 Å². The van der Waals surface area contributed by atoms with Gasteiger partial charge in [0, 0.05) is 0 Å². The molecular weight excluding hydrogens is 252 g/mol. The van der Waals surface area contributed by atoms with Gasteiger partial charge in [-0.25, -0.2) is 0 Å². The molecule has 1 heterocycles. The van der Waals surface area contributed by atoms with Crippen LogP contribution in [-0.4, -0.2) is 34.6 Å². The van der Waals surface area contributed by atoms with E-state index in [9.17, 15) is 5.11 Å². The molecule has 0 radical (unpaired) electrons. The molecule has 0 aromatic rings. The van der Waals surface area contributed by atoms with Gasteiger partial charge in [0.15, 0.2) is 0 Å². The highest BCUT2D eigenvalue weighted by molar-refractivity contribution is 5.30. The fourth-order valence-electron chi connectivity index (χ4n) is 1.98. The van der Waals surface area contributed by atoms with Crippen molar-refractivity contribution in [2.45, 2.75) is 69.9 Å². The minimum absolute atomic E-state index is 0.146. The molecule has 0 saturated carbocycles. The van der Waals surface area contributed by atoms with Crippen molar-refractivity contribution < 1.29 is 14.9 Å². The van der Waals surface area contributed by atoms with Gasteiger partial charge in [-0.05, 0) is 18.3 Å². The highest BCUT2D eigenvalue weighted by Crippen LogP contribution is 2.30. The van der Waals surface area contributed by atoms with Gasteiger partial charge >= 0.3 is 0 Å². The summed E-state index contributed by atoms with van der Waals surface area (Å²) < 4.78 is 5.42. The number of aliphatic hydroxyl groups excluding tert-OH is 2. The molecule has 110 valence electrons. The first-order valence-electron chi connectivity index (χ1n) is 7.34. The van der Waals surface area contributed by atoms with Gasteiger partial charge in [0.25, 0.3) is 0 Å². The molecule has 2 unspecified atom stereocenters. The molecule has 1 aliphatic heterocycles. The Balaban J connectivity index is 2.17. The highest BCUT2D eigenvalue weighted by atomic mass is 16.6. The van der Waals surface area contributed by atoms with E-state index in [0.29, 0.717) is 0 Å². The summed E-state index contributed by atoms with van der Waals surface area (Å²) in [6.07, 6.45) is 6.83. The number of unbranched alkanes of at least 4 members (excludes halogenated alkanes) is 4. The molecule has 1 fully saturated rings. The predicted octanol–water partition coefficient (Wildman–Crippen LogP) is 2.03. The van der Waals surface area contributed by atoms with Crippen molar-refractivity contribution in [1.29, 1.82) is 0 Å². The monoisotopic (exact) mass is 276 g/mol. The minimum atomic E-state index is -0.866. The van der Waals surface area contributed by atoms with Crippen LogP contribution < -0.4 is 0 Å². The van der Waals surface area contributed by atoms with E-state index in [-0.39, 0.29) is 12.2 Å². The molecule has 2 N–H and O–H groups in total. The molecule has 0 aliphatic carbocycles. The lowest BCUT2D eigenvalue weighted by atomic mass is 10.1. The molecule has 1 saturated heterocycles. The van der Waals surface area contributed by atoms with E-state index in [0.717, 1.165) is 12.8 Å². The van der Waals surface area contributed by atoms with Gasteiger partial charge in [0.2, 0.25) is 0 Å². The van der Waals surface area contributed by atoms with Crippen LogP contribution in [0.15, 0.2) is 12.7 Å². The highest BCUT2D eigenvalue weighted by Gasteiger charge is 2.42.